The van der Waals surface area contributed by atoms with Crippen LogP contribution in [0.1, 0.15) is 11.1 Å². The van der Waals surface area contributed by atoms with Crippen molar-refractivity contribution >= 4 is 11.8 Å². The quantitative estimate of drug-likeness (QED) is 0.872. The second-order valence-corrected chi connectivity index (χ2v) is 5.17. The molecule has 0 radical (unpaired) electrons. The van der Waals surface area contributed by atoms with Gasteiger partial charge in [0.15, 0.2) is 0 Å². The molecule has 1 N–H and O–H groups in total. The molecule has 1 aromatic carbocycles. The number of benzene rings is 1. The van der Waals surface area contributed by atoms with Crippen LogP contribution in [0.5, 0.6) is 0 Å². The van der Waals surface area contributed by atoms with Crippen molar-refractivity contribution in [3.63, 3.8) is 0 Å². The molecule has 1 heterocycles. The number of nitrogens with zero attached hydrogens (tertiary/aromatic N) is 1. The Balaban J connectivity index is 1.75. The van der Waals surface area contributed by atoms with Crippen LogP contribution in [-0.2, 0) is 20.7 Å². The molecule has 1 fully saturated rings. The highest BCUT2D eigenvalue weighted by molar-refractivity contribution is 5.79. The van der Waals surface area contributed by atoms with E-state index in [0.29, 0.717) is 19.5 Å². The number of nitrogens with one attached hydrogen (secondary N) is 1. The maximum Gasteiger partial charge on any atom is 0.248 e. The predicted octanol–water partition coefficient (Wildman–Crippen LogP) is 0.511. The van der Waals surface area contributed by atoms with Gasteiger partial charge in [0.05, 0.1) is 12.5 Å². The Morgan fingerprint density at radius 3 is 2.75 bits per heavy atom. The van der Waals surface area contributed by atoms with Crippen LogP contribution >= 0.6 is 0 Å². The van der Waals surface area contributed by atoms with E-state index in [2.05, 4.69) is 5.32 Å². The minimum absolute atomic E-state index is 0.0211. The van der Waals surface area contributed by atoms with Gasteiger partial charge in [0.2, 0.25) is 11.8 Å². The van der Waals surface area contributed by atoms with Crippen LogP contribution in [0.15, 0.2) is 24.3 Å². The van der Waals surface area contributed by atoms with E-state index in [4.69, 9.17) is 4.74 Å². The van der Waals surface area contributed by atoms with Crippen LogP contribution in [0.2, 0.25) is 0 Å². The minimum atomic E-state index is -0.125. The summed E-state index contributed by atoms with van der Waals surface area (Å²) in [5.74, 6) is -0.0516. The molecule has 1 atom stereocenters. The summed E-state index contributed by atoms with van der Waals surface area (Å²) in [4.78, 5) is 24.7. The number of morpholine rings is 1. The monoisotopic (exact) mass is 276 g/mol. The molecule has 5 nitrogen and oxygen atoms in total. The number of ether oxygens (including phenoxy) is 1. The summed E-state index contributed by atoms with van der Waals surface area (Å²) in [6, 6.07) is 7.90. The lowest BCUT2D eigenvalue weighted by molar-refractivity contribution is -0.146. The molecule has 0 aromatic heterocycles. The van der Waals surface area contributed by atoms with Gasteiger partial charge in [0.25, 0.3) is 0 Å². The standard InChI is InChI=1S/C15H20N2O3/c1-11-3-5-12(6-4-11)7-14(18)16-8-13-9-17(2)15(19)10-20-13/h3-6,13H,7-10H2,1-2H3,(H,16,18). The van der Waals surface area contributed by atoms with E-state index in [-0.39, 0.29) is 24.5 Å². The number of likely N-dealkylation sites (N-methyl/N-ethyl adjacent to an activating group) is 1. The number of carbonyl (C=O) groups excluding carboxylic acids is 2. The Kier molecular flexibility index (Phi) is 4.74. The van der Waals surface area contributed by atoms with E-state index in [1.165, 1.54) is 5.56 Å². The molecule has 0 aliphatic carbocycles. The lowest BCUT2D eigenvalue weighted by Gasteiger charge is -2.29. The van der Waals surface area contributed by atoms with Gasteiger partial charge in [-0.2, -0.15) is 0 Å². The maximum atomic E-state index is 11.8. The molecule has 1 saturated heterocycles. The Labute approximate surface area is 118 Å². The normalized spacial score (nSPS) is 19.0. The van der Waals surface area contributed by atoms with Gasteiger partial charge in [-0.05, 0) is 12.5 Å². The average molecular weight is 276 g/mol. The smallest absolute Gasteiger partial charge is 0.248 e. The Morgan fingerprint density at radius 1 is 1.40 bits per heavy atom. The number of rotatable bonds is 4. The van der Waals surface area contributed by atoms with Crippen molar-refractivity contribution in [3.8, 4) is 0 Å². The molecule has 1 aliphatic rings. The summed E-state index contributed by atoms with van der Waals surface area (Å²) in [5, 5.41) is 2.85. The van der Waals surface area contributed by atoms with E-state index in [9.17, 15) is 9.59 Å². The highest BCUT2D eigenvalue weighted by Crippen LogP contribution is 2.05. The molecule has 0 saturated carbocycles. The van der Waals surface area contributed by atoms with Gasteiger partial charge in [0, 0.05) is 20.1 Å². The second kappa shape index (κ2) is 6.52. The molecular formula is C15H20N2O3. The summed E-state index contributed by atoms with van der Waals surface area (Å²) < 4.78 is 5.37. The van der Waals surface area contributed by atoms with E-state index in [1.54, 1.807) is 11.9 Å². The first-order valence-electron chi connectivity index (χ1n) is 6.72. The van der Waals surface area contributed by atoms with Gasteiger partial charge in [-0.1, -0.05) is 29.8 Å². The topological polar surface area (TPSA) is 58.6 Å². The average Bonchev–Trinajstić information content (AvgIpc) is 2.43. The molecule has 0 bridgehead atoms. The molecule has 20 heavy (non-hydrogen) atoms. The molecule has 1 aliphatic heterocycles. The first-order valence-corrected chi connectivity index (χ1v) is 6.72. The van der Waals surface area contributed by atoms with Crippen molar-refractivity contribution in [2.75, 3.05) is 26.7 Å². The van der Waals surface area contributed by atoms with E-state index < -0.39 is 0 Å². The van der Waals surface area contributed by atoms with Crippen molar-refractivity contribution < 1.29 is 14.3 Å². The Bertz CT molecular complexity index is 484. The lowest BCUT2D eigenvalue weighted by atomic mass is 10.1. The van der Waals surface area contributed by atoms with Crippen LogP contribution in [0.25, 0.3) is 0 Å². The number of amides is 2. The van der Waals surface area contributed by atoms with Crippen LogP contribution in [-0.4, -0.2) is 49.6 Å². The van der Waals surface area contributed by atoms with Crippen molar-refractivity contribution in [1.82, 2.24) is 10.2 Å². The second-order valence-electron chi connectivity index (χ2n) is 5.17. The molecule has 5 heteroatoms. The molecule has 1 aromatic rings. The predicted molar refractivity (Wildman–Crippen MR) is 75.3 cm³/mol. The summed E-state index contributed by atoms with van der Waals surface area (Å²) in [5.41, 5.74) is 2.17. The number of hydrogen-bond donors (Lipinski definition) is 1. The zero-order chi connectivity index (χ0) is 14.5. The van der Waals surface area contributed by atoms with Gasteiger partial charge in [-0.15, -0.1) is 0 Å². The van der Waals surface area contributed by atoms with E-state index in [0.717, 1.165) is 5.56 Å². The third kappa shape index (κ3) is 4.06. The summed E-state index contributed by atoms with van der Waals surface area (Å²) in [7, 11) is 1.74. The van der Waals surface area contributed by atoms with Crippen LogP contribution in [0, 0.1) is 6.92 Å². The first kappa shape index (κ1) is 14.5. The third-order valence-corrected chi connectivity index (χ3v) is 3.36. The van der Waals surface area contributed by atoms with Gasteiger partial charge >= 0.3 is 0 Å². The van der Waals surface area contributed by atoms with Gasteiger partial charge < -0.3 is 15.0 Å². The SMILES string of the molecule is Cc1ccc(CC(=O)NCC2CN(C)C(=O)CO2)cc1. The third-order valence-electron chi connectivity index (χ3n) is 3.36. The highest BCUT2D eigenvalue weighted by Gasteiger charge is 2.23. The van der Waals surface area contributed by atoms with E-state index in [1.807, 2.05) is 31.2 Å². The maximum absolute atomic E-state index is 11.8. The summed E-state index contributed by atoms with van der Waals surface area (Å²) >= 11 is 0. The summed E-state index contributed by atoms with van der Waals surface area (Å²) in [6.45, 7) is 3.06. The Hall–Kier alpha value is -1.88. The van der Waals surface area contributed by atoms with Crippen molar-refractivity contribution in [2.24, 2.45) is 0 Å². The van der Waals surface area contributed by atoms with Gasteiger partial charge in [0.1, 0.15) is 6.61 Å². The lowest BCUT2D eigenvalue weighted by Crippen LogP contribution is -2.48. The number of hydrogen-bond acceptors (Lipinski definition) is 3. The molecular weight excluding hydrogens is 256 g/mol. The highest BCUT2D eigenvalue weighted by atomic mass is 16.5. The van der Waals surface area contributed by atoms with Gasteiger partial charge in [-0.3, -0.25) is 9.59 Å². The fraction of sp³-hybridized carbons (Fsp3) is 0.467. The molecule has 108 valence electrons. The number of aryl methyl sites for hydroxylation is 1. The fourth-order valence-electron chi connectivity index (χ4n) is 2.06. The van der Waals surface area contributed by atoms with Gasteiger partial charge in [-0.25, -0.2) is 0 Å². The summed E-state index contributed by atoms with van der Waals surface area (Å²) in [6.07, 6.45) is 0.238. The fourth-order valence-corrected chi connectivity index (χ4v) is 2.06. The zero-order valence-electron chi connectivity index (χ0n) is 11.9. The molecule has 0 spiro atoms. The largest absolute Gasteiger partial charge is 0.365 e. The molecule has 2 rings (SSSR count). The van der Waals surface area contributed by atoms with Crippen LogP contribution in [0.4, 0.5) is 0 Å². The van der Waals surface area contributed by atoms with E-state index >= 15 is 0 Å². The molecule has 1 unspecified atom stereocenters. The number of carbonyl (C=O) groups is 2. The zero-order valence-corrected chi connectivity index (χ0v) is 11.9. The Morgan fingerprint density at radius 2 is 2.10 bits per heavy atom. The van der Waals surface area contributed by atoms with Crippen molar-refractivity contribution in [2.45, 2.75) is 19.4 Å². The van der Waals surface area contributed by atoms with Crippen LogP contribution in [0.3, 0.4) is 0 Å². The van der Waals surface area contributed by atoms with Crippen molar-refractivity contribution in [1.29, 1.82) is 0 Å². The van der Waals surface area contributed by atoms with Crippen molar-refractivity contribution in [3.05, 3.63) is 35.4 Å². The minimum Gasteiger partial charge on any atom is -0.365 e. The van der Waals surface area contributed by atoms with Crippen LogP contribution < -0.4 is 5.32 Å². The molecule has 2 amide bonds. The first-order chi connectivity index (χ1) is 9.54.